The Hall–Kier alpha value is -2.00. The molecule has 0 fully saturated rings. The molecule has 0 unspecified atom stereocenters. The summed E-state index contributed by atoms with van der Waals surface area (Å²) in [5.41, 5.74) is -2.44. The molecule has 1 aromatic carbocycles. The third kappa shape index (κ3) is 4.78. The molecule has 0 atom stereocenters. The largest absolute Gasteiger partial charge is 0.478 e. The Balaban J connectivity index is 3.24. The van der Waals surface area contributed by atoms with Gasteiger partial charge in [-0.2, -0.15) is 13.2 Å². The minimum absolute atomic E-state index is 0.0134. The molecule has 22 heavy (non-hydrogen) atoms. The molecule has 0 aliphatic heterocycles. The highest BCUT2D eigenvalue weighted by molar-refractivity contribution is 5.90. The van der Waals surface area contributed by atoms with Crippen molar-refractivity contribution in [2.75, 3.05) is 6.61 Å². The first-order chi connectivity index (χ1) is 9.93. The Morgan fingerprint density at radius 1 is 1.27 bits per heavy atom. The van der Waals surface area contributed by atoms with Gasteiger partial charge in [0.15, 0.2) is 0 Å². The van der Waals surface area contributed by atoms with Crippen LogP contribution in [0.25, 0.3) is 0 Å². The third-order valence-electron chi connectivity index (χ3n) is 2.78. The molecule has 1 aromatic rings. The molecule has 1 rings (SSSR count). The fourth-order valence-corrected chi connectivity index (χ4v) is 1.80. The molecule has 0 aliphatic carbocycles. The van der Waals surface area contributed by atoms with Gasteiger partial charge in [-0.25, -0.2) is 4.79 Å². The Morgan fingerprint density at radius 3 is 2.32 bits per heavy atom. The van der Waals surface area contributed by atoms with Crippen LogP contribution in [0.2, 0.25) is 0 Å². The molecule has 0 aromatic heterocycles. The zero-order valence-corrected chi connectivity index (χ0v) is 12.8. The first-order valence-electron chi connectivity index (χ1n) is 6.50. The highest BCUT2D eigenvalue weighted by Crippen LogP contribution is 2.35. The Bertz CT molecular complexity index is 629. The van der Waals surface area contributed by atoms with E-state index in [0.717, 1.165) is 19.1 Å². The zero-order valence-electron chi connectivity index (χ0n) is 12.8. The smallest absolute Gasteiger partial charge is 0.417 e. The fraction of sp³-hybridized carbons (Fsp3) is 0.438. The van der Waals surface area contributed by atoms with Gasteiger partial charge in [0.1, 0.15) is 6.61 Å². The summed E-state index contributed by atoms with van der Waals surface area (Å²) in [5.74, 6) is 3.53. The van der Waals surface area contributed by atoms with E-state index in [0.29, 0.717) is 0 Å². The Morgan fingerprint density at radius 2 is 1.86 bits per heavy atom. The third-order valence-corrected chi connectivity index (χ3v) is 2.78. The second kappa shape index (κ2) is 6.41. The molecule has 1 N–H and O–H groups in total. The van der Waals surface area contributed by atoms with Crippen LogP contribution in [0.4, 0.5) is 13.2 Å². The van der Waals surface area contributed by atoms with Gasteiger partial charge >= 0.3 is 12.1 Å². The van der Waals surface area contributed by atoms with Crippen LogP contribution in [0.5, 0.6) is 0 Å². The number of halogens is 3. The van der Waals surface area contributed by atoms with Crippen molar-refractivity contribution in [2.24, 2.45) is 0 Å². The van der Waals surface area contributed by atoms with Crippen LogP contribution < -0.4 is 0 Å². The number of aromatic carboxylic acids is 1. The minimum Gasteiger partial charge on any atom is -0.478 e. The number of hydrogen-bond donors (Lipinski definition) is 1. The molecule has 0 aliphatic rings. The standard InChI is InChI=1S/C16H17F3O3/c1-10-12(14(20)21)8-7-11(13(10)16(17,18)19)6-5-9-22-15(2,3)4/h7-8H,9H2,1-4H3,(H,20,21). The fourth-order valence-electron chi connectivity index (χ4n) is 1.80. The van der Waals surface area contributed by atoms with E-state index in [1.165, 1.54) is 0 Å². The van der Waals surface area contributed by atoms with Crippen LogP contribution >= 0.6 is 0 Å². The summed E-state index contributed by atoms with van der Waals surface area (Å²) in [6, 6.07) is 2.20. The molecular formula is C16H17F3O3. The van der Waals surface area contributed by atoms with Crippen molar-refractivity contribution >= 4 is 5.97 Å². The number of rotatable bonds is 2. The summed E-state index contributed by atoms with van der Waals surface area (Å²) >= 11 is 0. The highest BCUT2D eigenvalue weighted by atomic mass is 19.4. The topological polar surface area (TPSA) is 46.5 Å². The SMILES string of the molecule is Cc1c(C(=O)O)ccc(C#CCOC(C)(C)C)c1C(F)(F)F. The number of carboxylic acid groups (broad SMARTS) is 1. The van der Waals surface area contributed by atoms with Crippen molar-refractivity contribution < 1.29 is 27.8 Å². The van der Waals surface area contributed by atoms with Crippen molar-refractivity contribution in [1.82, 2.24) is 0 Å². The van der Waals surface area contributed by atoms with Gasteiger partial charge in [0.05, 0.1) is 16.7 Å². The lowest BCUT2D eigenvalue weighted by Gasteiger charge is -2.17. The summed E-state index contributed by atoms with van der Waals surface area (Å²) in [5, 5.41) is 8.93. The van der Waals surface area contributed by atoms with Crippen molar-refractivity contribution in [3.05, 3.63) is 34.4 Å². The van der Waals surface area contributed by atoms with E-state index in [1.807, 2.05) is 20.8 Å². The molecular weight excluding hydrogens is 297 g/mol. The van der Waals surface area contributed by atoms with Gasteiger partial charge in [0, 0.05) is 5.56 Å². The maximum Gasteiger partial charge on any atom is 0.417 e. The maximum atomic E-state index is 13.2. The van der Waals surface area contributed by atoms with Crippen LogP contribution in [-0.4, -0.2) is 23.3 Å². The first kappa shape index (κ1) is 18.1. The lowest BCUT2D eigenvalue weighted by Crippen LogP contribution is -2.19. The summed E-state index contributed by atoms with van der Waals surface area (Å²) in [6.07, 6.45) is -4.68. The molecule has 0 saturated heterocycles. The highest BCUT2D eigenvalue weighted by Gasteiger charge is 2.36. The van der Waals surface area contributed by atoms with Gasteiger partial charge in [0.25, 0.3) is 0 Å². The van der Waals surface area contributed by atoms with Gasteiger partial charge in [-0.05, 0) is 45.4 Å². The van der Waals surface area contributed by atoms with Crippen molar-refractivity contribution in [2.45, 2.75) is 39.5 Å². The Labute approximate surface area is 127 Å². The molecule has 0 saturated carbocycles. The van der Waals surface area contributed by atoms with E-state index in [2.05, 4.69) is 11.8 Å². The molecule has 0 spiro atoms. The van der Waals surface area contributed by atoms with E-state index in [4.69, 9.17) is 9.84 Å². The van der Waals surface area contributed by atoms with E-state index in [9.17, 15) is 18.0 Å². The monoisotopic (exact) mass is 314 g/mol. The van der Waals surface area contributed by atoms with Crippen molar-refractivity contribution in [3.8, 4) is 11.8 Å². The summed E-state index contributed by atoms with van der Waals surface area (Å²) < 4.78 is 44.8. The van der Waals surface area contributed by atoms with Gasteiger partial charge in [-0.3, -0.25) is 0 Å². The zero-order chi connectivity index (χ0) is 17.1. The van der Waals surface area contributed by atoms with Gasteiger partial charge < -0.3 is 9.84 Å². The number of alkyl halides is 3. The second-order valence-corrected chi connectivity index (χ2v) is 5.67. The van der Waals surface area contributed by atoms with Gasteiger partial charge in [-0.15, -0.1) is 0 Å². The number of benzene rings is 1. The van der Waals surface area contributed by atoms with Crippen LogP contribution in [0.15, 0.2) is 12.1 Å². The van der Waals surface area contributed by atoms with Crippen LogP contribution in [0, 0.1) is 18.8 Å². The number of carbonyl (C=O) groups is 1. The van der Waals surface area contributed by atoms with Crippen LogP contribution in [0.1, 0.15) is 47.8 Å². The second-order valence-electron chi connectivity index (χ2n) is 5.67. The van der Waals surface area contributed by atoms with Crippen molar-refractivity contribution in [3.63, 3.8) is 0 Å². The summed E-state index contributed by atoms with van der Waals surface area (Å²) in [4.78, 5) is 11.0. The molecule has 6 heteroatoms. The minimum atomic E-state index is -4.68. The Kier molecular flexibility index (Phi) is 5.26. The first-order valence-corrected chi connectivity index (χ1v) is 6.50. The summed E-state index contributed by atoms with van der Waals surface area (Å²) in [6.45, 7) is 6.54. The molecule has 0 bridgehead atoms. The lowest BCUT2D eigenvalue weighted by atomic mass is 9.96. The maximum absolute atomic E-state index is 13.2. The van der Waals surface area contributed by atoms with E-state index in [1.54, 1.807) is 0 Å². The number of ether oxygens (including phenoxy) is 1. The van der Waals surface area contributed by atoms with E-state index < -0.39 is 23.3 Å². The average Bonchev–Trinajstić information content (AvgIpc) is 2.31. The predicted molar refractivity (Wildman–Crippen MR) is 75.7 cm³/mol. The quantitative estimate of drug-likeness (QED) is 0.843. The molecule has 120 valence electrons. The van der Waals surface area contributed by atoms with Crippen molar-refractivity contribution in [1.29, 1.82) is 0 Å². The molecule has 0 amide bonds. The summed E-state index contributed by atoms with van der Waals surface area (Å²) in [7, 11) is 0. The molecule has 0 radical (unpaired) electrons. The van der Waals surface area contributed by atoms with Gasteiger partial charge in [0.2, 0.25) is 0 Å². The van der Waals surface area contributed by atoms with Gasteiger partial charge in [-0.1, -0.05) is 11.8 Å². The van der Waals surface area contributed by atoms with E-state index >= 15 is 0 Å². The normalized spacial score (nSPS) is 11.8. The van der Waals surface area contributed by atoms with E-state index in [-0.39, 0.29) is 23.3 Å². The predicted octanol–water partition coefficient (Wildman–Crippen LogP) is 3.88. The molecule has 0 heterocycles. The van der Waals surface area contributed by atoms with Crippen LogP contribution in [-0.2, 0) is 10.9 Å². The number of carboxylic acids is 1. The number of hydrogen-bond acceptors (Lipinski definition) is 2. The molecule has 3 nitrogen and oxygen atoms in total. The lowest BCUT2D eigenvalue weighted by molar-refractivity contribution is -0.138. The average molecular weight is 314 g/mol. The van der Waals surface area contributed by atoms with Crippen LogP contribution in [0.3, 0.4) is 0 Å².